The van der Waals surface area contributed by atoms with Gasteiger partial charge in [0.25, 0.3) is 11.8 Å². The minimum Gasteiger partial charge on any atom is -0.347 e. The van der Waals surface area contributed by atoms with Crippen LogP contribution in [0.25, 0.3) is 5.52 Å². The maximum absolute atomic E-state index is 12.8. The molecule has 33 heavy (non-hydrogen) atoms. The molecule has 2 amide bonds. The zero-order chi connectivity index (χ0) is 23.6. The number of pyridine rings is 1. The maximum Gasteiger partial charge on any atom is 0.272 e. The molecule has 0 aliphatic carbocycles. The average molecular weight is 463 g/mol. The second-order valence-electron chi connectivity index (χ2n) is 7.67. The minimum absolute atomic E-state index is 0.0276. The van der Waals surface area contributed by atoms with Crippen LogP contribution >= 0.6 is 0 Å². The van der Waals surface area contributed by atoms with Crippen LogP contribution in [0.4, 0.5) is 5.69 Å². The Morgan fingerprint density at radius 3 is 2.45 bits per heavy atom. The van der Waals surface area contributed by atoms with Crippen molar-refractivity contribution in [1.82, 2.24) is 14.7 Å². The predicted octanol–water partition coefficient (Wildman–Crippen LogP) is 3.23. The van der Waals surface area contributed by atoms with Crippen molar-refractivity contribution in [1.29, 1.82) is 0 Å². The summed E-state index contributed by atoms with van der Waals surface area (Å²) in [6, 6.07) is 19.4. The van der Waals surface area contributed by atoms with Gasteiger partial charge in [0.2, 0.25) is 15.0 Å². The number of rotatable bonds is 6. The summed E-state index contributed by atoms with van der Waals surface area (Å²) in [6.45, 7) is 2.13. The van der Waals surface area contributed by atoms with Gasteiger partial charge in [0, 0.05) is 30.2 Å². The summed E-state index contributed by atoms with van der Waals surface area (Å²) >= 11 is 0. The number of hydrogen-bond acceptors (Lipinski definition) is 5. The average Bonchev–Trinajstić information content (AvgIpc) is 3.19. The summed E-state index contributed by atoms with van der Waals surface area (Å²) in [5, 5.41) is 5.43. The third-order valence-corrected chi connectivity index (χ3v) is 5.97. The maximum atomic E-state index is 12.8. The zero-order valence-electron chi connectivity index (χ0n) is 18.1. The lowest BCUT2D eigenvalue weighted by atomic mass is 10.1. The van der Waals surface area contributed by atoms with Crippen molar-refractivity contribution in [3.63, 3.8) is 0 Å². The van der Waals surface area contributed by atoms with Crippen LogP contribution in [0.3, 0.4) is 0 Å². The number of anilines is 1. The number of fused-ring (bicyclic) bond motifs is 1. The van der Waals surface area contributed by atoms with E-state index in [1.807, 2.05) is 25.1 Å². The molecule has 0 aliphatic rings. The van der Waals surface area contributed by atoms with E-state index in [9.17, 15) is 18.0 Å². The first-order valence-corrected chi connectivity index (χ1v) is 12.0. The molecule has 2 aromatic heterocycles. The van der Waals surface area contributed by atoms with E-state index in [2.05, 4.69) is 15.6 Å². The van der Waals surface area contributed by atoms with Gasteiger partial charge in [0.05, 0.1) is 5.52 Å². The van der Waals surface area contributed by atoms with Gasteiger partial charge in [-0.05, 0) is 48.9 Å². The molecule has 0 spiro atoms. The summed E-state index contributed by atoms with van der Waals surface area (Å²) in [5.41, 5.74) is 3.40. The van der Waals surface area contributed by atoms with Crippen LogP contribution in [0.5, 0.6) is 0 Å². The molecule has 0 fully saturated rings. The van der Waals surface area contributed by atoms with Gasteiger partial charge in [-0.1, -0.05) is 35.9 Å². The van der Waals surface area contributed by atoms with Crippen molar-refractivity contribution in [3.05, 3.63) is 95.3 Å². The summed E-state index contributed by atoms with van der Waals surface area (Å²) in [5.74, 6) is -0.725. The molecule has 168 valence electrons. The Kier molecular flexibility index (Phi) is 5.97. The van der Waals surface area contributed by atoms with E-state index in [-0.39, 0.29) is 23.3 Å². The molecule has 0 aliphatic heterocycles. The molecule has 0 radical (unpaired) electrons. The molecule has 2 N–H and O–H groups in total. The van der Waals surface area contributed by atoms with Gasteiger partial charge in [0.15, 0.2) is 5.69 Å². The van der Waals surface area contributed by atoms with E-state index < -0.39 is 15.7 Å². The second kappa shape index (κ2) is 8.87. The van der Waals surface area contributed by atoms with E-state index in [1.165, 1.54) is 4.40 Å². The van der Waals surface area contributed by atoms with Crippen molar-refractivity contribution in [3.8, 4) is 0 Å². The first-order chi connectivity index (χ1) is 15.7. The van der Waals surface area contributed by atoms with Crippen LogP contribution < -0.4 is 10.6 Å². The molecule has 8 nitrogen and oxygen atoms in total. The first kappa shape index (κ1) is 22.2. The van der Waals surface area contributed by atoms with Gasteiger partial charge in [-0.2, -0.15) is 0 Å². The Morgan fingerprint density at radius 2 is 1.73 bits per heavy atom. The highest BCUT2D eigenvalue weighted by molar-refractivity contribution is 7.90. The number of amides is 2. The van der Waals surface area contributed by atoms with E-state index >= 15 is 0 Å². The Balaban J connectivity index is 1.48. The number of aryl methyl sites for hydroxylation is 1. The summed E-state index contributed by atoms with van der Waals surface area (Å²) < 4.78 is 25.5. The highest BCUT2D eigenvalue weighted by atomic mass is 32.2. The van der Waals surface area contributed by atoms with Crippen LogP contribution in [0.2, 0.25) is 0 Å². The normalized spacial score (nSPS) is 11.3. The van der Waals surface area contributed by atoms with Crippen LogP contribution in [0, 0.1) is 6.92 Å². The van der Waals surface area contributed by atoms with Crippen LogP contribution in [-0.4, -0.2) is 35.9 Å². The molecule has 2 heterocycles. The number of hydrogen-bond donors (Lipinski definition) is 2. The van der Waals surface area contributed by atoms with Gasteiger partial charge >= 0.3 is 0 Å². The number of imidazole rings is 1. The fourth-order valence-corrected chi connectivity index (χ4v) is 4.15. The summed E-state index contributed by atoms with van der Waals surface area (Å²) in [6.07, 6.45) is 2.60. The molecule has 0 atom stereocenters. The predicted molar refractivity (Wildman–Crippen MR) is 125 cm³/mol. The number of nitrogens with zero attached hydrogens (tertiary/aromatic N) is 2. The SMILES string of the molecule is Cc1ccc(C(=O)Nc2cccc(CNC(=O)c3nc(S(C)(=O)=O)n4ccccc34)c2)cc1. The Hall–Kier alpha value is -3.98. The molecule has 0 unspecified atom stereocenters. The fraction of sp³-hybridized carbons (Fsp3) is 0.125. The molecule has 0 bridgehead atoms. The lowest BCUT2D eigenvalue weighted by Gasteiger charge is -2.09. The van der Waals surface area contributed by atoms with Crippen molar-refractivity contribution in [2.45, 2.75) is 18.6 Å². The van der Waals surface area contributed by atoms with Crippen molar-refractivity contribution >= 4 is 32.9 Å². The van der Waals surface area contributed by atoms with Gasteiger partial charge in [-0.3, -0.25) is 14.0 Å². The van der Waals surface area contributed by atoms with E-state index in [4.69, 9.17) is 0 Å². The highest BCUT2D eigenvalue weighted by Gasteiger charge is 2.22. The smallest absolute Gasteiger partial charge is 0.272 e. The Labute approximate surface area is 191 Å². The standard InChI is InChI=1S/C24H22N4O4S/c1-16-9-11-18(12-10-16)22(29)26-19-7-5-6-17(14-19)15-25-23(30)21-20-8-3-4-13-28(20)24(27-21)33(2,31)32/h3-14H,15H2,1-2H3,(H,25,30)(H,26,29). The zero-order valence-corrected chi connectivity index (χ0v) is 18.9. The number of carbonyl (C=O) groups excluding carboxylic acids is 2. The van der Waals surface area contributed by atoms with E-state index in [0.717, 1.165) is 17.4 Å². The molecule has 9 heteroatoms. The van der Waals surface area contributed by atoms with E-state index in [0.29, 0.717) is 16.8 Å². The van der Waals surface area contributed by atoms with Crippen molar-refractivity contribution in [2.75, 3.05) is 11.6 Å². The minimum atomic E-state index is -3.62. The lowest BCUT2D eigenvalue weighted by molar-refractivity contribution is 0.0946. The molecular weight excluding hydrogens is 440 g/mol. The second-order valence-corrected chi connectivity index (χ2v) is 9.58. The van der Waals surface area contributed by atoms with Gasteiger partial charge in [-0.25, -0.2) is 13.4 Å². The van der Waals surface area contributed by atoms with Crippen LogP contribution in [-0.2, 0) is 16.4 Å². The summed E-state index contributed by atoms with van der Waals surface area (Å²) in [7, 11) is -3.62. The monoisotopic (exact) mass is 462 g/mol. The first-order valence-electron chi connectivity index (χ1n) is 10.1. The van der Waals surface area contributed by atoms with E-state index in [1.54, 1.807) is 54.7 Å². The Bertz CT molecular complexity index is 1460. The molecule has 4 rings (SSSR count). The fourth-order valence-electron chi connectivity index (χ4n) is 3.37. The number of carbonyl (C=O) groups is 2. The lowest BCUT2D eigenvalue weighted by Crippen LogP contribution is -2.23. The van der Waals surface area contributed by atoms with Gasteiger partial charge < -0.3 is 10.6 Å². The third kappa shape index (κ3) is 4.93. The molecule has 0 saturated carbocycles. The molecule has 4 aromatic rings. The number of aromatic nitrogens is 2. The van der Waals surface area contributed by atoms with Crippen molar-refractivity contribution < 1.29 is 18.0 Å². The third-order valence-electron chi connectivity index (χ3n) is 5.01. The van der Waals surface area contributed by atoms with Gasteiger partial charge in [-0.15, -0.1) is 0 Å². The highest BCUT2D eigenvalue weighted by Crippen LogP contribution is 2.18. The largest absolute Gasteiger partial charge is 0.347 e. The van der Waals surface area contributed by atoms with Crippen LogP contribution in [0.15, 0.2) is 78.1 Å². The summed E-state index contributed by atoms with van der Waals surface area (Å²) in [4.78, 5) is 29.3. The van der Waals surface area contributed by atoms with Crippen molar-refractivity contribution in [2.24, 2.45) is 0 Å². The Morgan fingerprint density at radius 1 is 0.970 bits per heavy atom. The number of benzene rings is 2. The molecule has 2 aromatic carbocycles. The quantitative estimate of drug-likeness (QED) is 0.457. The molecular formula is C24H22N4O4S. The molecule has 0 saturated heterocycles. The van der Waals surface area contributed by atoms with Gasteiger partial charge in [0.1, 0.15) is 0 Å². The van der Waals surface area contributed by atoms with Crippen LogP contribution in [0.1, 0.15) is 32.0 Å². The number of sulfone groups is 1. The topological polar surface area (TPSA) is 110 Å². The number of nitrogens with one attached hydrogen (secondary N) is 2.